The lowest BCUT2D eigenvalue weighted by Crippen LogP contribution is -2.71. The molecular weight excluding hydrogens is 451 g/mol. The summed E-state index contributed by atoms with van der Waals surface area (Å²) in [6.07, 6.45) is 8.28. The third-order valence-electron chi connectivity index (χ3n) is 7.08. The Morgan fingerprint density at radius 3 is 2.52 bits per heavy atom. The normalized spacial score (nSPS) is 34.2. The zero-order valence-electron chi connectivity index (χ0n) is 17.4. The summed E-state index contributed by atoms with van der Waals surface area (Å²) in [7, 11) is 0. The van der Waals surface area contributed by atoms with Crippen LogP contribution in [-0.2, 0) is 4.74 Å². The number of aliphatic imine (C=N–C) groups is 1. The van der Waals surface area contributed by atoms with Gasteiger partial charge in [-0.1, -0.05) is 13.8 Å². The number of rotatable bonds is 5. The molecule has 0 bridgehead atoms. The highest BCUT2D eigenvalue weighted by Gasteiger charge is 2.58. The smallest absolute Gasteiger partial charge is 0.191 e. The highest BCUT2D eigenvalue weighted by Crippen LogP contribution is 2.51. The van der Waals surface area contributed by atoms with Gasteiger partial charge in [0.15, 0.2) is 5.96 Å². The van der Waals surface area contributed by atoms with Gasteiger partial charge in [0, 0.05) is 56.2 Å². The lowest BCUT2D eigenvalue weighted by atomic mass is 9.55. The standard InChI is InChI=1S/C21H38N4O.HI/c1-4-22-20(23-16-9-11-25(12-10-16)14-15-7-8-15)24-18-17-6-5-13-26-19(17)21(18,2)3;/h15-19H,4-14H2,1-3H3,(H2,22,23,24);1H. The lowest BCUT2D eigenvalue weighted by Gasteiger charge is -2.60. The van der Waals surface area contributed by atoms with E-state index in [-0.39, 0.29) is 29.4 Å². The predicted molar refractivity (Wildman–Crippen MR) is 122 cm³/mol. The topological polar surface area (TPSA) is 48.9 Å². The monoisotopic (exact) mass is 490 g/mol. The van der Waals surface area contributed by atoms with Crippen LogP contribution in [0.1, 0.15) is 59.3 Å². The second-order valence-electron chi connectivity index (χ2n) is 9.53. The summed E-state index contributed by atoms with van der Waals surface area (Å²) in [4.78, 5) is 7.43. The highest BCUT2D eigenvalue weighted by atomic mass is 127. The van der Waals surface area contributed by atoms with Gasteiger partial charge in [-0.25, -0.2) is 0 Å². The third-order valence-corrected chi connectivity index (χ3v) is 7.08. The average Bonchev–Trinajstić information content (AvgIpc) is 3.45. The predicted octanol–water partition coefficient (Wildman–Crippen LogP) is 3.24. The van der Waals surface area contributed by atoms with Crippen molar-refractivity contribution >= 4 is 29.9 Å². The number of fused-ring (bicyclic) bond motifs is 1. The first-order chi connectivity index (χ1) is 12.6. The summed E-state index contributed by atoms with van der Waals surface area (Å²) < 4.78 is 6.06. The third kappa shape index (κ3) is 4.92. The van der Waals surface area contributed by atoms with Crippen LogP contribution < -0.4 is 10.6 Å². The zero-order chi connectivity index (χ0) is 18.1. The first kappa shape index (κ1) is 21.6. The van der Waals surface area contributed by atoms with Crippen molar-refractivity contribution in [3.05, 3.63) is 0 Å². The van der Waals surface area contributed by atoms with E-state index in [4.69, 9.17) is 9.73 Å². The molecule has 2 heterocycles. The molecule has 3 atom stereocenters. The molecule has 0 aromatic rings. The van der Waals surface area contributed by atoms with Gasteiger partial charge >= 0.3 is 0 Å². The minimum absolute atomic E-state index is 0. The Morgan fingerprint density at radius 1 is 1.11 bits per heavy atom. The molecule has 4 aliphatic rings. The first-order valence-electron chi connectivity index (χ1n) is 11.0. The lowest BCUT2D eigenvalue weighted by molar-refractivity contribution is -0.188. The summed E-state index contributed by atoms with van der Waals surface area (Å²) in [5.74, 6) is 2.67. The maximum absolute atomic E-state index is 6.06. The van der Waals surface area contributed by atoms with Gasteiger partial charge in [0.25, 0.3) is 0 Å². The summed E-state index contributed by atoms with van der Waals surface area (Å²) >= 11 is 0. The number of piperidine rings is 1. The Labute approximate surface area is 182 Å². The number of nitrogens with zero attached hydrogens (tertiary/aromatic N) is 2. The van der Waals surface area contributed by atoms with Gasteiger partial charge in [-0.05, 0) is 51.4 Å². The van der Waals surface area contributed by atoms with Crippen LogP contribution in [-0.4, -0.2) is 61.8 Å². The van der Waals surface area contributed by atoms with Gasteiger partial charge < -0.3 is 20.3 Å². The number of ether oxygens (including phenoxy) is 1. The van der Waals surface area contributed by atoms with E-state index in [0.29, 0.717) is 24.1 Å². The number of likely N-dealkylation sites (tertiary alicyclic amines) is 1. The van der Waals surface area contributed by atoms with Crippen LogP contribution in [0.2, 0.25) is 0 Å². The summed E-state index contributed by atoms with van der Waals surface area (Å²) in [5.41, 5.74) is 0.189. The molecule has 2 saturated carbocycles. The molecule has 5 nitrogen and oxygen atoms in total. The van der Waals surface area contributed by atoms with Crippen LogP contribution in [0.25, 0.3) is 0 Å². The molecule has 2 saturated heterocycles. The van der Waals surface area contributed by atoms with E-state index in [0.717, 1.165) is 25.0 Å². The maximum Gasteiger partial charge on any atom is 0.191 e. The van der Waals surface area contributed by atoms with Crippen LogP contribution in [0, 0.1) is 17.3 Å². The molecule has 27 heavy (non-hydrogen) atoms. The molecule has 0 aromatic heterocycles. The Bertz CT molecular complexity index is 514. The van der Waals surface area contributed by atoms with E-state index in [9.17, 15) is 0 Å². The van der Waals surface area contributed by atoms with Crippen molar-refractivity contribution in [2.45, 2.75) is 77.5 Å². The average molecular weight is 490 g/mol. The Morgan fingerprint density at radius 2 is 1.85 bits per heavy atom. The maximum atomic E-state index is 6.06. The van der Waals surface area contributed by atoms with Crippen molar-refractivity contribution in [1.29, 1.82) is 0 Å². The van der Waals surface area contributed by atoms with Gasteiger partial charge in [-0.3, -0.25) is 4.99 Å². The molecule has 2 aliphatic carbocycles. The molecule has 0 aromatic carbocycles. The van der Waals surface area contributed by atoms with E-state index in [2.05, 4.69) is 36.3 Å². The quantitative estimate of drug-likeness (QED) is 0.353. The van der Waals surface area contributed by atoms with Crippen molar-refractivity contribution in [1.82, 2.24) is 15.5 Å². The summed E-state index contributed by atoms with van der Waals surface area (Å²) in [6.45, 7) is 12.4. The fourth-order valence-corrected chi connectivity index (χ4v) is 5.37. The molecule has 4 fully saturated rings. The van der Waals surface area contributed by atoms with E-state index in [1.165, 1.54) is 58.2 Å². The molecule has 3 unspecified atom stereocenters. The Balaban J connectivity index is 0.00000210. The second-order valence-corrected chi connectivity index (χ2v) is 9.53. The van der Waals surface area contributed by atoms with Crippen LogP contribution in [0.15, 0.2) is 4.99 Å². The number of hydrogen-bond donors (Lipinski definition) is 2. The molecule has 2 aliphatic heterocycles. The summed E-state index contributed by atoms with van der Waals surface area (Å²) in [6, 6.07) is 1.03. The van der Waals surface area contributed by atoms with E-state index in [1.807, 2.05) is 0 Å². The van der Waals surface area contributed by atoms with Crippen molar-refractivity contribution in [2.75, 3.05) is 32.8 Å². The van der Waals surface area contributed by atoms with Crippen LogP contribution in [0.3, 0.4) is 0 Å². The molecule has 6 heteroatoms. The fourth-order valence-electron chi connectivity index (χ4n) is 5.37. The minimum atomic E-state index is 0. The number of nitrogens with one attached hydrogen (secondary N) is 2. The van der Waals surface area contributed by atoms with Gasteiger partial charge in [0.05, 0.1) is 6.10 Å². The van der Waals surface area contributed by atoms with Gasteiger partial charge in [-0.15, -0.1) is 24.0 Å². The summed E-state index contributed by atoms with van der Waals surface area (Å²) in [5, 5.41) is 7.54. The van der Waals surface area contributed by atoms with Crippen LogP contribution in [0.5, 0.6) is 0 Å². The van der Waals surface area contributed by atoms with E-state index >= 15 is 0 Å². The van der Waals surface area contributed by atoms with E-state index in [1.54, 1.807) is 0 Å². The molecule has 156 valence electrons. The number of halogens is 1. The Kier molecular flexibility index (Phi) is 7.34. The molecule has 4 rings (SSSR count). The van der Waals surface area contributed by atoms with Crippen molar-refractivity contribution in [3.63, 3.8) is 0 Å². The second kappa shape index (κ2) is 9.16. The van der Waals surface area contributed by atoms with Gasteiger partial charge in [0.1, 0.15) is 0 Å². The molecule has 0 amide bonds. The van der Waals surface area contributed by atoms with Crippen molar-refractivity contribution in [3.8, 4) is 0 Å². The van der Waals surface area contributed by atoms with Gasteiger partial charge in [0.2, 0.25) is 0 Å². The zero-order valence-corrected chi connectivity index (χ0v) is 19.7. The Hall–Kier alpha value is -0.0800. The fraction of sp³-hybridized carbons (Fsp3) is 0.952. The SMILES string of the molecule is CCN=C(NC1CCN(CC2CC2)CC1)NC1C2CCCOC2C1(C)C.I. The van der Waals surface area contributed by atoms with Crippen molar-refractivity contribution < 1.29 is 4.74 Å². The van der Waals surface area contributed by atoms with Gasteiger partial charge in [-0.2, -0.15) is 0 Å². The largest absolute Gasteiger partial charge is 0.377 e. The van der Waals surface area contributed by atoms with Crippen LogP contribution >= 0.6 is 24.0 Å². The van der Waals surface area contributed by atoms with Crippen LogP contribution in [0.4, 0.5) is 0 Å². The van der Waals surface area contributed by atoms with Crippen molar-refractivity contribution in [2.24, 2.45) is 22.2 Å². The molecule has 0 spiro atoms. The number of guanidine groups is 1. The first-order valence-corrected chi connectivity index (χ1v) is 11.0. The highest BCUT2D eigenvalue weighted by molar-refractivity contribution is 14.0. The van der Waals surface area contributed by atoms with E-state index < -0.39 is 0 Å². The number of hydrogen-bond acceptors (Lipinski definition) is 3. The molecule has 2 N–H and O–H groups in total. The molecule has 0 radical (unpaired) electrons. The minimum Gasteiger partial charge on any atom is -0.377 e. The molecular formula is C21H39IN4O.